The molecule has 0 saturated heterocycles. The lowest BCUT2D eigenvalue weighted by Crippen LogP contribution is -2.12. The SMILES string of the molecule is C=CCn1c(COc2ccc(C(C)(C)C)cc2)nnc1SCc1cc(=O)n2ccsc2n1. The average Bonchev–Trinajstić information content (AvgIpc) is 3.38. The van der Waals surface area contributed by atoms with Gasteiger partial charge in [-0.2, -0.15) is 0 Å². The zero-order chi connectivity index (χ0) is 22.7. The van der Waals surface area contributed by atoms with Crippen LogP contribution in [0.1, 0.15) is 37.9 Å². The maximum Gasteiger partial charge on any atom is 0.258 e. The van der Waals surface area contributed by atoms with Gasteiger partial charge in [0.25, 0.3) is 5.56 Å². The van der Waals surface area contributed by atoms with Crippen molar-refractivity contribution in [3.8, 4) is 5.75 Å². The van der Waals surface area contributed by atoms with Gasteiger partial charge in [-0.15, -0.1) is 28.1 Å². The number of thiazole rings is 1. The first-order chi connectivity index (χ1) is 15.3. The van der Waals surface area contributed by atoms with Crippen molar-refractivity contribution in [1.82, 2.24) is 24.1 Å². The standard InChI is InChI=1S/C23H25N5O2S2/c1-5-10-27-19(14-30-18-8-6-16(7-9-18)23(2,3)4)25-26-22(27)32-15-17-13-20(29)28-11-12-31-21(28)24-17/h5-9,11-13H,1,10,14-15H2,2-4H3. The third-order valence-electron chi connectivity index (χ3n) is 4.90. The third kappa shape index (κ3) is 4.94. The highest BCUT2D eigenvalue weighted by Gasteiger charge is 2.15. The van der Waals surface area contributed by atoms with E-state index >= 15 is 0 Å². The molecule has 0 N–H and O–H groups in total. The zero-order valence-corrected chi connectivity index (χ0v) is 19.9. The van der Waals surface area contributed by atoms with Crippen molar-refractivity contribution >= 4 is 28.1 Å². The maximum absolute atomic E-state index is 12.2. The van der Waals surface area contributed by atoms with Crippen LogP contribution in [0.25, 0.3) is 4.96 Å². The van der Waals surface area contributed by atoms with Gasteiger partial charge in [0.05, 0.1) is 5.69 Å². The summed E-state index contributed by atoms with van der Waals surface area (Å²) in [5.74, 6) is 2.02. The normalized spacial score (nSPS) is 11.7. The van der Waals surface area contributed by atoms with Crippen molar-refractivity contribution in [1.29, 1.82) is 0 Å². The topological polar surface area (TPSA) is 74.3 Å². The highest BCUT2D eigenvalue weighted by atomic mass is 32.2. The molecule has 3 aromatic heterocycles. The fraction of sp³-hybridized carbons (Fsp3) is 0.304. The molecule has 0 aliphatic carbocycles. The van der Waals surface area contributed by atoms with Crippen molar-refractivity contribution in [3.05, 3.63) is 82.0 Å². The number of hydrogen-bond acceptors (Lipinski definition) is 7. The second kappa shape index (κ2) is 9.30. The second-order valence-corrected chi connectivity index (χ2v) is 10.1. The molecule has 0 atom stereocenters. The van der Waals surface area contributed by atoms with Crippen LogP contribution in [0, 0.1) is 0 Å². The van der Waals surface area contributed by atoms with Gasteiger partial charge < -0.3 is 4.74 Å². The highest BCUT2D eigenvalue weighted by Crippen LogP contribution is 2.25. The first-order valence-electron chi connectivity index (χ1n) is 10.2. The summed E-state index contributed by atoms with van der Waals surface area (Å²) in [6.07, 6.45) is 3.54. The fourth-order valence-electron chi connectivity index (χ4n) is 3.14. The number of aromatic nitrogens is 5. The molecule has 0 radical (unpaired) electrons. The van der Waals surface area contributed by atoms with E-state index in [1.165, 1.54) is 28.7 Å². The molecule has 0 amide bonds. The van der Waals surface area contributed by atoms with E-state index in [1.54, 1.807) is 22.7 Å². The zero-order valence-electron chi connectivity index (χ0n) is 18.3. The molecule has 0 spiro atoms. The monoisotopic (exact) mass is 467 g/mol. The summed E-state index contributed by atoms with van der Waals surface area (Å²) in [7, 11) is 0. The third-order valence-corrected chi connectivity index (χ3v) is 6.66. The van der Waals surface area contributed by atoms with E-state index in [2.05, 4.69) is 54.7 Å². The van der Waals surface area contributed by atoms with Crippen LogP contribution in [0.2, 0.25) is 0 Å². The van der Waals surface area contributed by atoms with Gasteiger partial charge in [-0.05, 0) is 23.1 Å². The van der Waals surface area contributed by atoms with Gasteiger partial charge in [-0.3, -0.25) is 13.8 Å². The van der Waals surface area contributed by atoms with Crippen LogP contribution in [0.4, 0.5) is 0 Å². The smallest absolute Gasteiger partial charge is 0.258 e. The fourth-order valence-corrected chi connectivity index (χ4v) is 4.74. The van der Waals surface area contributed by atoms with Crippen LogP contribution < -0.4 is 10.3 Å². The minimum atomic E-state index is -0.0778. The Morgan fingerprint density at radius 2 is 2.00 bits per heavy atom. The van der Waals surface area contributed by atoms with E-state index in [4.69, 9.17) is 4.74 Å². The molecule has 32 heavy (non-hydrogen) atoms. The number of ether oxygens (including phenoxy) is 1. The van der Waals surface area contributed by atoms with Crippen molar-refractivity contribution in [2.24, 2.45) is 0 Å². The molecule has 9 heteroatoms. The Labute approximate surface area is 194 Å². The lowest BCUT2D eigenvalue weighted by atomic mass is 9.87. The molecule has 1 aromatic carbocycles. The van der Waals surface area contributed by atoms with Gasteiger partial charge in [0.15, 0.2) is 15.9 Å². The molecule has 0 bridgehead atoms. The van der Waals surface area contributed by atoms with Gasteiger partial charge in [0, 0.05) is 29.9 Å². The number of fused-ring (bicyclic) bond motifs is 1. The molecular weight excluding hydrogens is 442 g/mol. The van der Waals surface area contributed by atoms with Crippen LogP contribution in [0.15, 0.2) is 64.5 Å². The van der Waals surface area contributed by atoms with Gasteiger partial charge in [0.1, 0.15) is 12.4 Å². The molecule has 4 aromatic rings. The quantitative estimate of drug-likeness (QED) is 0.276. The molecule has 0 unspecified atom stereocenters. The summed E-state index contributed by atoms with van der Waals surface area (Å²) >= 11 is 2.93. The summed E-state index contributed by atoms with van der Waals surface area (Å²) in [6.45, 7) is 11.3. The summed E-state index contributed by atoms with van der Waals surface area (Å²) in [5.41, 5.74) is 1.99. The summed E-state index contributed by atoms with van der Waals surface area (Å²) in [6, 6.07) is 9.70. The van der Waals surface area contributed by atoms with E-state index in [1.807, 2.05) is 22.1 Å². The first kappa shape index (κ1) is 22.3. The highest BCUT2D eigenvalue weighted by molar-refractivity contribution is 7.98. The van der Waals surface area contributed by atoms with E-state index < -0.39 is 0 Å². The average molecular weight is 468 g/mol. The van der Waals surface area contributed by atoms with Gasteiger partial charge in [0.2, 0.25) is 0 Å². The van der Waals surface area contributed by atoms with E-state index in [0.717, 1.165) is 10.9 Å². The van der Waals surface area contributed by atoms with Crippen LogP contribution in [-0.4, -0.2) is 24.1 Å². The Morgan fingerprint density at radius 1 is 1.22 bits per heavy atom. The van der Waals surface area contributed by atoms with Crippen LogP contribution in [0.3, 0.4) is 0 Å². The molecule has 0 saturated carbocycles. The van der Waals surface area contributed by atoms with Gasteiger partial charge >= 0.3 is 0 Å². The molecule has 7 nitrogen and oxygen atoms in total. The van der Waals surface area contributed by atoms with Gasteiger partial charge in [-0.25, -0.2) is 4.98 Å². The maximum atomic E-state index is 12.2. The number of rotatable bonds is 8. The predicted octanol–water partition coefficient (Wildman–Crippen LogP) is 4.70. The second-order valence-electron chi connectivity index (χ2n) is 8.29. The van der Waals surface area contributed by atoms with Crippen LogP contribution >= 0.6 is 23.1 Å². The Balaban J connectivity index is 1.45. The minimum Gasteiger partial charge on any atom is -0.486 e. The number of thioether (sulfide) groups is 1. The number of allylic oxidation sites excluding steroid dienone is 1. The lowest BCUT2D eigenvalue weighted by molar-refractivity contribution is 0.289. The molecule has 0 fully saturated rings. The first-order valence-corrected chi connectivity index (χ1v) is 12.1. The molecule has 0 aliphatic rings. The Morgan fingerprint density at radius 3 is 2.72 bits per heavy atom. The van der Waals surface area contributed by atoms with Crippen molar-refractivity contribution in [2.45, 2.75) is 50.2 Å². The van der Waals surface area contributed by atoms with E-state index in [9.17, 15) is 4.79 Å². The summed E-state index contributed by atoms with van der Waals surface area (Å²) < 4.78 is 9.47. The summed E-state index contributed by atoms with van der Waals surface area (Å²) in [4.78, 5) is 17.4. The Hall–Kier alpha value is -2.91. The predicted molar refractivity (Wildman–Crippen MR) is 129 cm³/mol. The Bertz CT molecular complexity index is 1280. The van der Waals surface area contributed by atoms with Crippen molar-refractivity contribution in [3.63, 3.8) is 0 Å². The van der Waals surface area contributed by atoms with Crippen LogP contribution in [-0.2, 0) is 24.3 Å². The molecule has 4 rings (SSSR count). The lowest BCUT2D eigenvalue weighted by Gasteiger charge is -2.19. The number of nitrogens with zero attached hydrogens (tertiary/aromatic N) is 5. The van der Waals surface area contributed by atoms with Crippen LogP contribution in [0.5, 0.6) is 5.75 Å². The minimum absolute atomic E-state index is 0.0778. The van der Waals surface area contributed by atoms with Crippen molar-refractivity contribution in [2.75, 3.05) is 0 Å². The van der Waals surface area contributed by atoms with E-state index in [0.29, 0.717) is 35.4 Å². The number of hydrogen-bond donors (Lipinski definition) is 0. The summed E-state index contributed by atoms with van der Waals surface area (Å²) in [5, 5.41) is 11.2. The number of benzene rings is 1. The van der Waals surface area contributed by atoms with Gasteiger partial charge in [-0.1, -0.05) is 50.7 Å². The largest absolute Gasteiger partial charge is 0.486 e. The molecule has 0 aliphatic heterocycles. The van der Waals surface area contributed by atoms with Crippen molar-refractivity contribution < 1.29 is 4.74 Å². The van der Waals surface area contributed by atoms with E-state index in [-0.39, 0.29) is 11.0 Å². The molecular formula is C23H25N5O2S2. The Kier molecular flexibility index (Phi) is 6.48. The molecule has 166 valence electrons. The molecule has 3 heterocycles.